The van der Waals surface area contributed by atoms with Crippen LogP contribution in [0.5, 0.6) is 11.5 Å². The fourth-order valence-electron chi connectivity index (χ4n) is 4.75. The van der Waals surface area contributed by atoms with Gasteiger partial charge in [0.25, 0.3) is 5.56 Å². The lowest BCUT2D eigenvalue weighted by molar-refractivity contribution is -0.138. The van der Waals surface area contributed by atoms with Crippen molar-refractivity contribution in [3.8, 4) is 17.6 Å². The number of carbonyl (C=O) groups is 1. The number of nitrogens with zero attached hydrogens (tertiary/aromatic N) is 3. The Morgan fingerprint density at radius 3 is 2.53 bits per heavy atom. The summed E-state index contributed by atoms with van der Waals surface area (Å²) < 4.78 is 20.4. The first-order valence-electron chi connectivity index (χ1n) is 13.4. The van der Waals surface area contributed by atoms with Crippen molar-refractivity contribution in [2.24, 2.45) is 4.99 Å². The number of nitriles is 1. The minimum Gasteiger partial charge on any atom is -0.494 e. The van der Waals surface area contributed by atoms with E-state index in [0.29, 0.717) is 44.3 Å². The van der Waals surface area contributed by atoms with Crippen LogP contribution in [0.15, 0.2) is 86.6 Å². The van der Waals surface area contributed by atoms with Gasteiger partial charge in [-0.15, -0.1) is 0 Å². The summed E-state index contributed by atoms with van der Waals surface area (Å²) in [6.45, 7) is 4.18. The molecular weight excluding hydrogens is 745 g/mol. The van der Waals surface area contributed by atoms with E-state index in [0.717, 1.165) is 13.6 Å². The molecule has 0 bridgehead atoms. The number of halogens is 2. The number of aromatic nitrogens is 1. The molecule has 218 valence electrons. The van der Waals surface area contributed by atoms with Gasteiger partial charge in [-0.2, -0.15) is 5.26 Å². The number of thiazole rings is 1. The van der Waals surface area contributed by atoms with Gasteiger partial charge in [0.05, 0.1) is 38.6 Å². The Kier molecular flexibility index (Phi) is 9.79. The van der Waals surface area contributed by atoms with Gasteiger partial charge in [0, 0.05) is 15.6 Å². The van der Waals surface area contributed by atoms with Gasteiger partial charge in [-0.05, 0) is 72.3 Å². The van der Waals surface area contributed by atoms with Crippen molar-refractivity contribution in [1.29, 1.82) is 5.26 Å². The van der Waals surface area contributed by atoms with Crippen molar-refractivity contribution in [2.45, 2.75) is 19.9 Å². The van der Waals surface area contributed by atoms with Crippen LogP contribution in [-0.4, -0.2) is 30.4 Å². The molecule has 0 saturated carbocycles. The topological polar surface area (TPSA) is 103 Å². The van der Waals surface area contributed by atoms with Gasteiger partial charge in [0.2, 0.25) is 0 Å². The highest BCUT2D eigenvalue weighted by Crippen LogP contribution is 2.36. The molecule has 0 saturated heterocycles. The van der Waals surface area contributed by atoms with Gasteiger partial charge in [-0.1, -0.05) is 69.7 Å². The van der Waals surface area contributed by atoms with Gasteiger partial charge in [0.15, 0.2) is 11.4 Å². The molecule has 3 aromatic carbocycles. The maximum Gasteiger partial charge on any atom is 0.338 e. The van der Waals surface area contributed by atoms with Crippen molar-refractivity contribution in [3.63, 3.8) is 0 Å². The lowest BCUT2D eigenvalue weighted by atomic mass is 9.93. The first-order chi connectivity index (χ1) is 20.9. The second-order valence-corrected chi connectivity index (χ2v) is 12.3. The second-order valence-electron chi connectivity index (χ2n) is 9.19. The van der Waals surface area contributed by atoms with E-state index >= 15 is 0 Å². The monoisotopic (exact) mass is 769 g/mol. The molecule has 0 spiro atoms. The maximum atomic E-state index is 14.2. The number of rotatable bonds is 9. The van der Waals surface area contributed by atoms with Gasteiger partial charge >= 0.3 is 5.97 Å². The Morgan fingerprint density at radius 2 is 1.86 bits per heavy atom. The average molecular weight is 770 g/mol. The molecule has 1 atom stereocenters. The first-order valence-corrected chi connectivity index (χ1v) is 16.0. The average Bonchev–Trinajstić information content (AvgIpc) is 3.31. The van der Waals surface area contributed by atoms with Gasteiger partial charge in [-0.25, -0.2) is 9.79 Å². The molecule has 43 heavy (non-hydrogen) atoms. The van der Waals surface area contributed by atoms with Crippen LogP contribution in [0.1, 0.15) is 36.6 Å². The van der Waals surface area contributed by atoms with Crippen molar-refractivity contribution >= 4 is 67.6 Å². The van der Waals surface area contributed by atoms with Crippen molar-refractivity contribution in [1.82, 2.24) is 4.57 Å². The van der Waals surface area contributed by atoms with E-state index in [2.05, 4.69) is 38.5 Å². The molecule has 1 aromatic heterocycles. The zero-order valence-electron chi connectivity index (χ0n) is 23.2. The maximum absolute atomic E-state index is 14.2. The van der Waals surface area contributed by atoms with Gasteiger partial charge in [0.1, 0.15) is 17.6 Å². The molecule has 0 N–H and O–H groups in total. The van der Waals surface area contributed by atoms with Gasteiger partial charge < -0.3 is 14.2 Å². The molecule has 1 aliphatic rings. The highest BCUT2D eigenvalue weighted by molar-refractivity contribution is 14.1. The van der Waals surface area contributed by atoms with E-state index in [1.54, 1.807) is 17.6 Å². The third-order valence-corrected chi connectivity index (χ3v) is 8.73. The van der Waals surface area contributed by atoms with Crippen LogP contribution < -0.4 is 24.4 Å². The molecule has 5 rings (SSSR count). The standard InChI is InChI=1S/C32H25BrIN3O5S/c1-3-40-23-12-10-20(11-13-23)28-26(31(39)41-4-2)27(19-8-6-5-7-9-19)36-32-37(28)30(38)25(43-32)17-21-16-22(33)18-24(34)29(21)42-15-14-35/h5-13,16-18,28H,3-4,15H2,1-2H3/b25-17-/t28-/m0/s1. The van der Waals surface area contributed by atoms with Crippen molar-refractivity contribution < 1.29 is 19.0 Å². The van der Waals surface area contributed by atoms with E-state index in [1.165, 1.54) is 11.3 Å². The predicted molar refractivity (Wildman–Crippen MR) is 177 cm³/mol. The normalized spacial score (nSPS) is 14.5. The van der Waals surface area contributed by atoms with Crippen molar-refractivity contribution in [3.05, 3.63) is 117 Å². The quantitative estimate of drug-likeness (QED) is 0.162. The Balaban J connectivity index is 1.80. The number of hydrogen-bond acceptors (Lipinski definition) is 8. The smallest absolute Gasteiger partial charge is 0.338 e. The number of carbonyl (C=O) groups excluding carboxylic acids is 1. The van der Waals surface area contributed by atoms with E-state index in [1.807, 2.05) is 79.7 Å². The molecule has 1 aliphatic heterocycles. The lowest BCUT2D eigenvalue weighted by Gasteiger charge is -2.26. The molecule has 0 unspecified atom stereocenters. The van der Waals surface area contributed by atoms with Gasteiger partial charge in [-0.3, -0.25) is 9.36 Å². The largest absolute Gasteiger partial charge is 0.494 e. The lowest BCUT2D eigenvalue weighted by Crippen LogP contribution is -2.40. The SMILES string of the molecule is CCOC(=O)C1=C(c2ccccc2)N=c2s/c(=C\c3cc(Br)cc(I)c3OCC#N)c(=O)n2[C@H]1c1ccc(OCC)cc1. The van der Waals surface area contributed by atoms with Crippen LogP contribution in [-0.2, 0) is 9.53 Å². The van der Waals surface area contributed by atoms with Crippen LogP contribution in [0.25, 0.3) is 11.8 Å². The Hall–Kier alpha value is -3.73. The third-order valence-electron chi connectivity index (χ3n) is 6.49. The predicted octanol–water partition coefficient (Wildman–Crippen LogP) is 5.60. The minimum atomic E-state index is -0.805. The molecule has 0 fully saturated rings. The summed E-state index contributed by atoms with van der Waals surface area (Å²) >= 11 is 6.87. The molecule has 0 aliphatic carbocycles. The summed E-state index contributed by atoms with van der Waals surface area (Å²) in [5, 5.41) is 9.11. The van der Waals surface area contributed by atoms with Crippen molar-refractivity contribution in [2.75, 3.05) is 19.8 Å². The Morgan fingerprint density at radius 1 is 1.12 bits per heavy atom. The fraction of sp³-hybridized carbons (Fsp3) is 0.188. The van der Waals surface area contributed by atoms with Crippen LogP contribution in [0, 0.1) is 14.9 Å². The number of ether oxygens (including phenoxy) is 3. The van der Waals surface area contributed by atoms with E-state index < -0.39 is 12.0 Å². The highest BCUT2D eigenvalue weighted by atomic mass is 127. The molecular formula is C32H25BrIN3O5S. The molecule has 8 nitrogen and oxygen atoms in total. The molecule has 4 aromatic rings. The van der Waals surface area contributed by atoms with Crippen LogP contribution in [0.3, 0.4) is 0 Å². The molecule has 0 radical (unpaired) electrons. The summed E-state index contributed by atoms with van der Waals surface area (Å²) in [7, 11) is 0. The number of hydrogen-bond donors (Lipinski definition) is 0. The van der Waals surface area contributed by atoms with E-state index in [9.17, 15) is 9.59 Å². The summed E-state index contributed by atoms with van der Waals surface area (Å²) in [4.78, 5) is 33.2. The van der Waals surface area contributed by atoms with Crippen LogP contribution in [0.2, 0.25) is 0 Å². The summed E-state index contributed by atoms with van der Waals surface area (Å²) in [6, 6.07) is 21.6. The third kappa shape index (κ3) is 6.46. The van der Waals surface area contributed by atoms with Crippen LogP contribution in [0.4, 0.5) is 0 Å². The first kappa shape index (κ1) is 30.7. The number of benzene rings is 3. The molecule has 2 heterocycles. The Bertz CT molecular complexity index is 1930. The zero-order chi connectivity index (χ0) is 30.5. The summed E-state index contributed by atoms with van der Waals surface area (Å²) in [6.07, 6.45) is 1.73. The number of esters is 1. The minimum absolute atomic E-state index is 0.138. The molecule has 11 heteroatoms. The fourth-order valence-corrected chi connectivity index (χ4v) is 7.45. The number of fused-ring (bicyclic) bond motifs is 1. The van der Waals surface area contributed by atoms with Crippen LogP contribution >= 0.6 is 49.9 Å². The summed E-state index contributed by atoms with van der Waals surface area (Å²) in [5.41, 5.74) is 2.46. The zero-order valence-corrected chi connectivity index (χ0v) is 27.7. The Labute approximate surface area is 273 Å². The second kappa shape index (κ2) is 13.7. The van der Waals surface area contributed by atoms with E-state index in [4.69, 9.17) is 24.5 Å². The summed E-state index contributed by atoms with van der Waals surface area (Å²) in [5.74, 6) is 0.626. The highest BCUT2D eigenvalue weighted by Gasteiger charge is 2.35. The molecule has 0 amide bonds. The van der Waals surface area contributed by atoms with E-state index in [-0.39, 0.29) is 24.3 Å².